The van der Waals surface area contributed by atoms with Crippen LogP contribution in [0.15, 0.2) is 4.42 Å². The highest BCUT2D eigenvalue weighted by atomic mass is 19.1. The number of nitrogens with two attached hydrogens (primary N) is 1. The lowest BCUT2D eigenvalue weighted by Crippen LogP contribution is -1.95. The van der Waals surface area contributed by atoms with Crippen molar-refractivity contribution >= 4 is 0 Å². The normalized spacial score (nSPS) is 10.0. The summed E-state index contributed by atoms with van der Waals surface area (Å²) in [6.07, 6.45) is 0. The second-order valence-corrected chi connectivity index (χ2v) is 1.43. The van der Waals surface area contributed by atoms with Gasteiger partial charge in [0, 0.05) is 0 Å². The molecule has 0 aliphatic heterocycles. The zero-order valence-electron chi connectivity index (χ0n) is 4.67. The van der Waals surface area contributed by atoms with Crippen molar-refractivity contribution in [1.82, 2.24) is 10.2 Å². The molecule has 1 aromatic rings. The Morgan fingerprint density at radius 2 is 2.11 bits per heavy atom. The molecule has 0 amide bonds. The first-order valence-corrected chi connectivity index (χ1v) is 2.44. The molecule has 0 aromatic carbocycles. The summed E-state index contributed by atoms with van der Waals surface area (Å²) in [5, 5.41) is 6.76. The first-order chi connectivity index (χ1) is 4.36. The van der Waals surface area contributed by atoms with E-state index in [1.165, 1.54) is 0 Å². The van der Waals surface area contributed by atoms with Gasteiger partial charge in [-0.3, -0.25) is 0 Å². The molecular formula is C4H6FN3O. The van der Waals surface area contributed by atoms with E-state index in [1.54, 1.807) is 0 Å². The Kier molecular flexibility index (Phi) is 1.74. The van der Waals surface area contributed by atoms with Gasteiger partial charge >= 0.3 is 0 Å². The minimum atomic E-state index is -0.729. The van der Waals surface area contributed by atoms with Crippen LogP contribution in [0.4, 0.5) is 4.39 Å². The summed E-state index contributed by atoms with van der Waals surface area (Å²) in [7, 11) is 0. The van der Waals surface area contributed by atoms with Crippen LogP contribution in [0.5, 0.6) is 0 Å². The van der Waals surface area contributed by atoms with Gasteiger partial charge in [0.25, 0.3) is 0 Å². The minimum absolute atomic E-state index is 0.0181. The summed E-state index contributed by atoms with van der Waals surface area (Å²) in [4.78, 5) is 0. The van der Waals surface area contributed by atoms with Crippen LogP contribution in [-0.2, 0) is 13.2 Å². The lowest BCUT2D eigenvalue weighted by atomic mass is 10.7. The Morgan fingerprint density at radius 3 is 2.44 bits per heavy atom. The average molecular weight is 131 g/mol. The summed E-state index contributed by atoms with van der Waals surface area (Å²) in [5.41, 5.74) is 5.10. The van der Waals surface area contributed by atoms with Gasteiger partial charge < -0.3 is 10.2 Å². The number of aromatic nitrogens is 2. The van der Waals surface area contributed by atoms with E-state index in [0.29, 0.717) is 0 Å². The number of hydrogen-bond donors (Lipinski definition) is 1. The van der Waals surface area contributed by atoms with Crippen LogP contribution in [-0.4, -0.2) is 10.2 Å². The van der Waals surface area contributed by atoms with Crippen LogP contribution in [0.3, 0.4) is 0 Å². The molecule has 5 heteroatoms. The molecule has 0 saturated carbocycles. The van der Waals surface area contributed by atoms with E-state index in [-0.39, 0.29) is 18.3 Å². The summed E-state index contributed by atoms with van der Waals surface area (Å²) in [6.45, 7) is -0.569. The molecular weight excluding hydrogens is 125 g/mol. The van der Waals surface area contributed by atoms with Crippen molar-refractivity contribution in [2.75, 3.05) is 0 Å². The molecule has 0 radical (unpaired) electrons. The lowest BCUT2D eigenvalue weighted by Gasteiger charge is -1.80. The Hall–Kier alpha value is -0.970. The topological polar surface area (TPSA) is 64.9 Å². The molecule has 2 N–H and O–H groups in total. The first-order valence-electron chi connectivity index (χ1n) is 2.44. The van der Waals surface area contributed by atoms with Gasteiger partial charge in [-0.05, 0) is 0 Å². The summed E-state index contributed by atoms with van der Waals surface area (Å²) in [6, 6.07) is 0. The third-order valence-electron chi connectivity index (χ3n) is 0.798. The second-order valence-electron chi connectivity index (χ2n) is 1.43. The Balaban J connectivity index is 2.74. The standard InChI is InChI=1S/C4H6FN3O/c5-1-3-7-8-4(2-6)9-3/h1-2,6H2. The maximum atomic E-state index is 11.6. The highest BCUT2D eigenvalue weighted by Gasteiger charge is 2.00. The maximum absolute atomic E-state index is 11.6. The minimum Gasteiger partial charge on any atom is -0.421 e. The van der Waals surface area contributed by atoms with E-state index in [1.807, 2.05) is 0 Å². The van der Waals surface area contributed by atoms with Gasteiger partial charge in [0.1, 0.15) is 0 Å². The molecule has 0 fully saturated rings. The Labute approximate surface area is 50.9 Å². The van der Waals surface area contributed by atoms with E-state index in [2.05, 4.69) is 14.6 Å². The molecule has 1 rings (SSSR count). The predicted octanol–water partition coefficient (Wildman–Crippen LogP) is -0.00220. The van der Waals surface area contributed by atoms with Crippen molar-refractivity contribution in [2.45, 2.75) is 13.2 Å². The SMILES string of the molecule is NCc1nnc(CF)o1. The fourth-order valence-corrected chi connectivity index (χ4v) is 0.425. The van der Waals surface area contributed by atoms with Crippen molar-refractivity contribution in [3.63, 3.8) is 0 Å². The van der Waals surface area contributed by atoms with E-state index in [4.69, 9.17) is 5.73 Å². The predicted molar refractivity (Wildman–Crippen MR) is 27.0 cm³/mol. The Morgan fingerprint density at radius 1 is 1.44 bits per heavy atom. The molecule has 4 nitrogen and oxygen atoms in total. The van der Waals surface area contributed by atoms with Crippen molar-refractivity contribution in [1.29, 1.82) is 0 Å². The number of halogens is 1. The molecule has 0 spiro atoms. The van der Waals surface area contributed by atoms with Crippen LogP contribution < -0.4 is 5.73 Å². The number of rotatable bonds is 2. The highest BCUT2D eigenvalue weighted by molar-refractivity contribution is 4.77. The zero-order chi connectivity index (χ0) is 6.69. The van der Waals surface area contributed by atoms with Gasteiger partial charge in [0.05, 0.1) is 6.54 Å². The van der Waals surface area contributed by atoms with Gasteiger partial charge in [-0.1, -0.05) is 0 Å². The summed E-state index contributed by atoms with van der Waals surface area (Å²) < 4.78 is 16.3. The van der Waals surface area contributed by atoms with E-state index < -0.39 is 6.67 Å². The number of alkyl halides is 1. The number of nitrogens with zero attached hydrogens (tertiary/aromatic N) is 2. The van der Waals surface area contributed by atoms with Gasteiger partial charge in [-0.2, -0.15) is 0 Å². The summed E-state index contributed by atoms with van der Waals surface area (Å²) in [5.74, 6) is 0.248. The monoisotopic (exact) mass is 131 g/mol. The molecule has 0 unspecified atom stereocenters. The van der Waals surface area contributed by atoms with Gasteiger partial charge in [-0.25, -0.2) is 4.39 Å². The Bertz CT molecular complexity index is 169. The zero-order valence-corrected chi connectivity index (χ0v) is 4.67. The molecule has 9 heavy (non-hydrogen) atoms. The van der Waals surface area contributed by atoms with E-state index >= 15 is 0 Å². The largest absolute Gasteiger partial charge is 0.421 e. The summed E-state index contributed by atoms with van der Waals surface area (Å²) >= 11 is 0. The van der Waals surface area contributed by atoms with E-state index in [9.17, 15) is 4.39 Å². The molecule has 0 saturated heterocycles. The molecule has 1 aromatic heterocycles. The molecule has 0 aliphatic carbocycles. The molecule has 50 valence electrons. The van der Waals surface area contributed by atoms with E-state index in [0.717, 1.165) is 0 Å². The molecule has 0 atom stereocenters. The third-order valence-corrected chi connectivity index (χ3v) is 0.798. The molecule has 0 bridgehead atoms. The van der Waals surface area contributed by atoms with Crippen molar-refractivity contribution in [2.24, 2.45) is 5.73 Å². The molecule has 0 aliphatic rings. The highest BCUT2D eigenvalue weighted by Crippen LogP contribution is 1.98. The fraction of sp³-hybridized carbons (Fsp3) is 0.500. The van der Waals surface area contributed by atoms with Gasteiger partial charge in [-0.15, -0.1) is 10.2 Å². The van der Waals surface area contributed by atoms with Crippen LogP contribution >= 0.6 is 0 Å². The van der Waals surface area contributed by atoms with Crippen molar-refractivity contribution < 1.29 is 8.81 Å². The first kappa shape index (κ1) is 6.15. The third kappa shape index (κ3) is 1.23. The second kappa shape index (κ2) is 2.54. The van der Waals surface area contributed by atoms with Crippen molar-refractivity contribution in [3.05, 3.63) is 11.8 Å². The van der Waals surface area contributed by atoms with Crippen molar-refractivity contribution in [3.8, 4) is 0 Å². The average Bonchev–Trinajstić information content (AvgIpc) is 2.34. The fourth-order valence-electron chi connectivity index (χ4n) is 0.425. The van der Waals surface area contributed by atoms with Crippen LogP contribution in [0.2, 0.25) is 0 Å². The molecule has 1 heterocycles. The maximum Gasteiger partial charge on any atom is 0.247 e. The number of hydrogen-bond acceptors (Lipinski definition) is 4. The van der Waals surface area contributed by atoms with Crippen LogP contribution in [0.1, 0.15) is 11.8 Å². The lowest BCUT2D eigenvalue weighted by molar-refractivity contribution is 0.366. The van der Waals surface area contributed by atoms with Gasteiger partial charge in [0.15, 0.2) is 6.67 Å². The quantitative estimate of drug-likeness (QED) is 0.613. The van der Waals surface area contributed by atoms with Crippen LogP contribution in [0.25, 0.3) is 0 Å². The smallest absolute Gasteiger partial charge is 0.247 e. The van der Waals surface area contributed by atoms with Crippen LogP contribution in [0, 0.1) is 0 Å². The van der Waals surface area contributed by atoms with Gasteiger partial charge in [0.2, 0.25) is 11.8 Å².